The summed E-state index contributed by atoms with van der Waals surface area (Å²) in [6, 6.07) is 3.99. The average molecular weight is 335 g/mol. The van der Waals surface area contributed by atoms with Gasteiger partial charge in [0, 0.05) is 11.2 Å². The van der Waals surface area contributed by atoms with Crippen molar-refractivity contribution in [1.29, 1.82) is 0 Å². The summed E-state index contributed by atoms with van der Waals surface area (Å²) in [5.41, 5.74) is 3.68. The molecular formula is C20H32O2P. The summed E-state index contributed by atoms with van der Waals surface area (Å²) >= 11 is 0. The molecule has 1 aromatic rings. The van der Waals surface area contributed by atoms with Gasteiger partial charge >= 0.3 is 0 Å². The van der Waals surface area contributed by atoms with E-state index in [1.165, 1.54) is 0 Å². The molecule has 0 spiro atoms. The molecular weight excluding hydrogens is 303 g/mol. The lowest BCUT2D eigenvalue weighted by molar-refractivity contribution is 0.107. The Bertz CT molecular complexity index is 573. The van der Waals surface area contributed by atoms with E-state index in [9.17, 15) is 9.36 Å². The van der Waals surface area contributed by atoms with Crippen molar-refractivity contribution in [1.82, 2.24) is 0 Å². The second-order valence-corrected chi connectivity index (χ2v) is 10.3. The van der Waals surface area contributed by atoms with Crippen LogP contribution in [0, 0.1) is 32.1 Å². The normalized spacial score (nSPS) is 15.2. The maximum atomic E-state index is 12.7. The number of hydrogen-bond donors (Lipinski definition) is 0. The molecule has 0 heterocycles. The zero-order valence-electron chi connectivity index (χ0n) is 16.0. The molecule has 0 saturated heterocycles. The summed E-state index contributed by atoms with van der Waals surface area (Å²) in [7, 11) is -1.88. The maximum absolute atomic E-state index is 12.7. The Hall–Kier alpha value is -1.01. The number of carbonyl (C=O) groups excluding carboxylic acids is 1. The molecule has 0 aliphatic rings. The molecule has 1 rings (SSSR count). The smallest absolute Gasteiger partial charge is 0.242 e. The molecule has 0 bridgehead atoms. The second kappa shape index (κ2) is 7.71. The van der Waals surface area contributed by atoms with Gasteiger partial charge in [0.05, 0.1) is 0 Å². The van der Waals surface area contributed by atoms with E-state index in [2.05, 4.69) is 27.7 Å². The molecule has 0 amide bonds. The van der Waals surface area contributed by atoms with Crippen molar-refractivity contribution in [2.45, 2.75) is 73.9 Å². The zero-order valence-corrected chi connectivity index (χ0v) is 16.9. The van der Waals surface area contributed by atoms with Gasteiger partial charge in [0.2, 0.25) is 5.52 Å². The standard InChI is InChI=1S/C20H32O2P/c1-13-9-15(3)18(16(4)10-13)19(21)23(22)17(5)11-14(2)12-20(6,7)8/h9-10,14,17H,11-12H2,1-8H3. The van der Waals surface area contributed by atoms with Crippen LogP contribution in [0.1, 0.15) is 74.5 Å². The SMILES string of the molecule is Cc1cc(C)c(C(=O)[P](=O)C(C)CC(C)CC(C)(C)C)c(C)c1. The van der Waals surface area contributed by atoms with Gasteiger partial charge in [0.15, 0.2) is 0 Å². The Morgan fingerprint density at radius 1 is 1.09 bits per heavy atom. The van der Waals surface area contributed by atoms with Gasteiger partial charge in [-0.3, -0.25) is 9.36 Å². The fraction of sp³-hybridized carbons (Fsp3) is 0.650. The molecule has 0 aliphatic heterocycles. The summed E-state index contributed by atoms with van der Waals surface area (Å²) in [4.78, 5) is 12.7. The molecule has 3 unspecified atom stereocenters. The van der Waals surface area contributed by atoms with Gasteiger partial charge in [0.25, 0.3) is 0 Å². The van der Waals surface area contributed by atoms with Crippen molar-refractivity contribution in [2.24, 2.45) is 11.3 Å². The minimum atomic E-state index is -1.88. The topological polar surface area (TPSA) is 34.1 Å². The number of rotatable bonds is 6. The highest BCUT2D eigenvalue weighted by Gasteiger charge is 2.27. The summed E-state index contributed by atoms with van der Waals surface area (Å²) in [6.45, 7) is 16.7. The molecule has 0 N–H and O–H groups in total. The molecule has 1 aromatic carbocycles. The molecule has 0 fully saturated rings. The quantitative estimate of drug-likeness (QED) is 0.561. The van der Waals surface area contributed by atoms with E-state index in [4.69, 9.17) is 0 Å². The first kappa shape index (κ1) is 20.0. The number of benzene rings is 1. The van der Waals surface area contributed by atoms with E-state index in [0.717, 1.165) is 29.5 Å². The second-order valence-electron chi connectivity index (χ2n) is 8.36. The first-order valence-corrected chi connectivity index (χ1v) is 9.83. The first-order valence-electron chi connectivity index (χ1n) is 8.51. The van der Waals surface area contributed by atoms with Gasteiger partial charge in [0.1, 0.15) is 7.80 Å². The van der Waals surface area contributed by atoms with Gasteiger partial charge in [-0.1, -0.05) is 52.3 Å². The van der Waals surface area contributed by atoms with Crippen LogP contribution in [0.25, 0.3) is 0 Å². The highest BCUT2D eigenvalue weighted by Crippen LogP contribution is 2.39. The summed E-state index contributed by atoms with van der Waals surface area (Å²) in [6.07, 6.45) is 1.92. The van der Waals surface area contributed by atoms with Crippen molar-refractivity contribution in [2.75, 3.05) is 0 Å². The van der Waals surface area contributed by atoms with E-state index in [1.807, 2.05) is 39.8 Å². The monoisotopic (exact) mass is 335 g/mol. The molecule has 1 radical (unpaired) electrons. The Kier molecular flexibility index (Phi) is 6.71. The lowest BCUT2D eigenvalue weighted by atomic mass is 9.84. The zero-order chi connectivity index (χ0) is 17.9. The van der Waals surface area contributed by atoms with Crippen molar-refractivity contribution >= 4 is 13.3 Å². The van der Waals surface area contributed by atoms with Gasteiger partial charge in [-0.25, -0.2) is 0 Å². The Labute approximate surface area is 142 Å². The van der Waals surface area contributed by atoms with Crippen LogP contribution in [-0.4, -0.2) is 11.2 Å². The van der Waals surface area contributed by atoms with Crippen molar-refractivity contribution in [3.05, 3.63) is 34.4 Å². The Balaban J connectivity index is 2.87. The predicted molar refractivity (Wildman–Crippen MR) is 99.9 cm³/mol. The van der Waals surface area contributed by atoms with E-state index >= 15 is 0 Å². The third-order valence-corrected chi connectivity index (χ3v) is 5.83. The molecule has 129 valence electrons. The van der Waals surface area contributed by atoms with Gasteiger partial charge < -0.3 is 0 Å². The largest absolute Gasteiger partial charge is 0.281 e. The lowest BCUT2D eigenvalue weighted by Gasteiger charge is -2.25. The summed E-state index contributed by atoms with van der Waals surface area (Å²) in [5.74, 6) is 0.469. The fourth-order valence-electron chi connectivity index (χ4n) is 3.63. The number of hydrogen-bond acceptors (Lipinski definition) is 2. The lowest BCUT2D eigenvalue weighted by Crippen LogP contribution is -2.15. The van der Waals surface area contributed by atoms with E-state index in [1.54, 1.807) is 0 Å². The Morgan fingerprint density at radius 2 is 1.57 bits per heavy atom. The molecule has 0 aliphatic carbocycles. The van der Waals surface area contributed by atoms with Crippen LogP contribution in [0.4, 0.5) is 0 Å². The van der Waals surface area contributed by atoms with Crippen LogP contribution >= 0.6 is 7.80 Å². The summed E-state index contributed by atoms with van der Waals surface area (Å²) < 4.78 is 12.7. The maximum Gasteiger partial charge on any atom is 0.242 e. The van der Waals surface area contributed by atoms with Gasteiger partial charge in [-0.05, 0) is 56.1 Å². The molecule has 0 aromatic heterocycles. The molecule has 3 heteroatoms. The average Bonchev–Trinajstić information content (AvgIpc) is 2.33. The molecule has 2 nitrogen and oxygen atoms in total. The van der Waals surface area contributed by atoms with Crippen LogP contribution < -0.4 is 0 Å². The number of carbonyl (C=O) groups is 1. The van der Waals surface area contributed by atoms with Crippen molar-refractivity contribution in [3.8, 4) is 0 Å². The van der Waals surface area contributed by atoms with Crippen LogP contribution in [0.5, 0.6) is 0 Å². The van der Waals surface area contributed by atoms with Crippen molar-refractivity contribution < 1.29 is 9.36 Å². The molecule has 0 saturated carbocycles. The van der Waals surface area contributed by atoms with Crippen LogP contribution in [0.3, 0.4) is 0 Å². The third kappa shape index (κ3) is 5.84. The highest BCUT2D eigenvalue weighted by atomic mass is 31.1. The highest BCUT2D eigenvalue weighted by molar-refractivity contribution is 7.65. The summed E-state index contributed by atoms with van der Waals surface area (Å²) in [5, 5.41) is 0. The Morgan fingerprint density at radius 3 is 2.00 bits per heavy atom. The van der Waals surface area contributed by atoms with E-state index in [-0.39, 0.29) is 16.6 Å². The minimum absolute atomic E-state index is 0.0741. The van der Waals surface area contributed by atoms with Gasteiger partial charge in [-0.2, -0.15) is 0 Å². The fourth-order valence-corrected chi connectivity index (χ4v) is 5.16. The van der Waals surface area contributed by atoms with E-state index < -0.39 is 7.80 Å². The van der Waals surface area contributed by atoms with Crippen molar-refractivity contribution in [3.63, 3.8) is 0 Å². The molecule has 23 heavy (non-hydrogen) atoms. The first-order chi connectivity index (χ1) is 10.4. The van der Waals surface area contributed by atoms with Crippen LogP contribution in [0.15, 0.2) is 12.1 Å². The van der Waals surface area contributed by atoms with Crippen LogP contribution in [-0.2, 0) is 4.57 Å². The minimum Gasteiger partial charge on any atom is -0.281 e. The van der Waals surface area contributed by atoms with Gasteiger partial charge in [-0.15, -0.1) is 0 Å². The third-order valence-electron chi connectivity index (χ3n) is 4.20. The molecule has 3 atom stereocenters. The van der Waals surface area contributed by atoms with Crippen LogP contribution in [0.2, 0.25) is 0 Å². The predicted octanol–water partition coefficient (Wildman–Crippen LogP) is 6.43. The van der Waals surface area contributed by atoms with E-state index in [0.29, 0.717) is 11.5 Å². The number of aryl methyl sites for hydroxylation is 3.